The molecule has 0 radical (unpaired) electrons. The molecule has 4 fully saturated rings. The molecule has 4 aliphatic rings. The molecule has 4 saturated carbocycles. The summed E-state index contributed by atoms with van der Waals surface area (Å²) in [5.74, 6) is 3.21. The molecule has 0 aromatic heterocycles. The van der Waals surface area contributed by atoms with Gasteiger partial charge in [0, 0.05) is 0 Å². The van der Waals surface area contributed by atoms with Crippen LogP contribution in [0.2, 0.25) is 0 Å². The highest BCUT2D eigenvalue weighted by Crippen LogP contribution is 2.54. The Bertz CT molecular complexity index is 385. The van der Waals surface area contributed by atoms with E-state index in [1.54, 1.807) is 0 Å². The second-order valence-corrected chi connectivity index (χ2v) is 8.27. The highest BCUT2D eigenvalue weighted by atomic mass is 16.7. The Balaban J connectivity index is 1.56. The molecule has 0 aliphatic heterocycles. The van der Waals surface area contributed by atoms with Crippen molar-refractivity contribution in [3.05, 3.63) is 0 Å². The van der Waals surface area contributed by atoms with Gasteiger partial charge in [-0.15, -0.1) is 0 Å². The van der Waals surface area contributed by atoms with Crippen molar-refractivity contribution in [3.63, 3.8) is 0 Å². The van der Waals surface area contributed by atoms with Gasteiger partial charge in [-0.3, -0.25) is 4.79 Å². The number of esters is 1. The van der Waals surface area contributed by atoms with Crippen molar-refractivity contribution in [2.45, 2.75) is 85.0 Å². The number of hydrogen-bond donors (Lipinski definition) is 0. The normalized spacial score (nSPS) is 38.1. The SMILES string of the molecule is CCC(C)(CC)C(=O)OC(C)OC1C2CC3CC(C2)CC1C3. The topological polar surface area (TPSA) is 35.5 Å². The van der Waals surface area contributed by atoms with Gasteiger partial charge in [-0.25, -0.2) is 0 Å². The molecular formula is C19H32O3. The summed E-state index contributed by atoms with van der Waals surface area (Å²) >= 11 is 0. The van der Waals surface area contributed by atoms with E-state index in [1.807, 2.05) is 27.7 Å². The molecule has 0 heterocycles. The van der Waals surface area contributed by atoms with E-state index in [9.17, 15) is 4.79 Å². The maximum Gasteiger partial charge on any atom is 0.314 e. The van der Waals surface area contributed by atoms with Crippen LogP contribution in [0.1, 0.15) is 72.6 Å². The first-order chi connectivity index (χ1) is 10.4. The van der Waals surface area contributed by atoms with Crippen molar-refractivity contribution in [2.24, 2.45) is 29.1 Å². The summed E-state index contributed by atoms with van der Waals surface area (Å²) in [6.07, 6.45) is 8.33. The van der Waals surface area contributed by atoms with Crippen LogP contribution >= 0.6 is 0 Å². The highest BCUT2D eigenvalue weighted by molar-refractivity contribution is 5.76. The van der Waals surface area contributed by atoms with Crippen molar-refractivity contribution in [2.75, 3.05) is 0 Å². The standard InChI is InChI=1S/C19H32O3/c1-5-19(4,6-2)18(20)22-12(3)21-17-15-8-13-7-14(10-15)11-16(17)9-13/h12-17H,5-11H2,1-4H3. The fourth-order valence-electron chi connectivity index (χ4n) is 5.18. The average Bonchev–Trinajstić information content (AvgIpc) is 2.49. The van der Waals surface area contributed by atoms with Gasteiger partial charge < -0.3 is 9.47 Å². The Labute approximate surface area is 135 Å². The molecule has 0 N–H and O–H groups in total. The van der Waals surface area contributed by atoms with Crippen LogP contribution in [-0.4, -0.2) is 18.4 Å². The predicted octanol–water partition coefficient (Wildman–Crippen LogP) is 4.54. The second-order valence-electron chi connectivity index (χ2n) is 8.27. The van der Waals surface area contributed by atoms with E-state index in [0.717, 1.165) is 24.7 Å². The number of hydrogen-bond acceptors (Lipinski definition) is 3. The van der Waals surface area contributed by atoms with Crippen LogP contribution in [0.4, 0.5) is 0 Å². The van der Waals surface area contributed by atoms with E-state index >= 15 is 0 Å². The molecule has 1 unspecified atom stereocenters. The Kier molecular flexibility index (Phi) is 4.55. The van der Waals surface area contributed by atoms with Gasteiger partial charge in [0.2, 0.25) is 0 Å². The summed E-state index contributed by atoms with van der Waals surface area (Å²) in [6.45, 7) is 7.99. The Morgan fingerprint density at radius 2 is 1.55 bits per heavy atom. The van der Waals surface area contributed by atoms with Gasteiger partial charge >= 0.3 is 5.97 Å². The zero-order chi connectivity index (χ0) is 15.9. The minimum atomic E-state index is -0.410. The van der Waals surface area contributed by atoms with Crippen molar-refractivity contribution >= 4 is 5.97 Å². The molecule has 1 atom stereocenters. The van der Waals surface area contributed by atoms with Crippen LogP contribution in [0.25, 0.3) is 0 Å². The summed E-state index contributed by atoms with van der Waals surface area (Å²) < 4.78 is 11.9. The van der Waals surface area contributed by atoms with E-state index in [-0.39, 0.29) is 11.4 Å². The first-order valence-corrected chi connectivity index (χ1v) is 9.31. The smallest absolute Gasteiger partial charge is 0.314 e. The van der Waals surface area contributed by atoms with Crippen LogP contribution in [0.15, 0.2) is 0 Å². The third-order valence-corrected chi connectivity index (χ3v) is 6.82. The van der Waals surface area contributed by atoms with Crippen LogP contribution in [0.5, 0.6) is 0 Å². The van der Waals surface area contributed by atoms with Gasteiger partial charge in [0.15, 0.2) is 6.29 Å². The van der Waals surface area contributed by atoms with E-state index in [4.69, 9.17) is 9.47 Å². The van der Waals surface area contributed by atoms with Gasteiger partial charge in [0.1, 0.15) is 0 Å². The minimum Gasteiger partial charge on any atom is -0.436 e. The van der Waals surface area contributed by atoms with Gasteiger partial charge in [0.25, 0.3) is 0 Å². The van der Waals surface area contributed by atoms with Crippen molar-refractivity contribution in [3.8, 4) is 0 Å². The molecule has 4 bridgehead atoms. The molecule has 126 valence electrons. The molecule has 0 amide bonds. The zero-order valence-corrected chi connectivity index (χ0v) is 14.6. The first-order valence-electron chi connectivity index (χ1n) is 9.31. The van der Waals surface area contributed by atoms with Crippen LogP contribution in [0.3, 0.4) is 0 Å². The van der Waals surface area contributed by atoms with Crippen molar-refractivity contribution < 1.29 is 14.3 Å². The van der Waals surface area contributed by atoms with E-state index < -0.39 is 6.29 Å². The Morgan fingerprint density at radius 3 is 2.00 bits per heavy atom. The van der Waals surface area contributed by atoms with Crippen LogP contribution in [0, 0.1) is 29.1 Å². The maximum atomic E-state index is 12.4. The molecule has 0 aromatic carbocycles. The predicted molar refractivity (Wildman–Crippen MR) is 86.2 cm³/mol. The van der Waals surface area contributed by atoms with E-state index in [1.165, 1.54) is 32.1 Å². The molecule has 0 spiro atoms. The molecular weight excluding hydrogens is 276 g/mol. The molecule has 4 rings (SSSR count). The van der Waals surface area contributed by atoms with Gasteiger partial charge in [-0.2, -0.15) is 0 Å². The number of rotatable bonds is 6. The molecule has 0 saturated heterocycles. The average molecular weight is 308 g/mol. The third kappa shape index (κ3) is 2.93. The highest BCUT2D eigenvalue weighted by Gasteiger charge is 2.49. The Hall–Kier alpha value is -0.570. The minimum absolute atomic E-state index is 0.103. The lowest BCUT2D eigenvalue weighted by Crippen LogP contribution is -2.50. The quantitative estimate of drug-likeness (QED) is 0.533. The number of ether oxygens (including phenoxy) is 2. The lowest BCUT2D eigenvalue weighted by molar-refractivity contribution is -0.225. The summed E-state index contributed by atoms with van der Waals surface area (Å²) in [4.78, 5) is 12.4. The molecule has 22 heavy (non-hydrogen) atoms. The first kappa shape index (κ1) is 16.3. The summed E-state index contributed by atoms with van der Waals surface area (Å²) in [7, 11) is 0. The van der Waals surface area contributed by atoms with Gasteiger partial charge in [-0.05, 0) is 82.5 Å². The molecule has 0 aromatic rings. The third-order valence-electron chi connectivity index (χ3n) is 6.82. The van der Waals surface area contributed by atoms with Gasteiger partial charge in [0.05, 0.1) is 11.5 Å². The maximum absolute atomic E-state index is 12.4. The fourth-order valence-corrected chi connectivity index (χ4v) is 5.18. The summed E-state index contributed by atoms with van der Waals surface area (Å²) in [6, 6.07) is 0. The largest absolute Gasteiger partial charge is 0.436 e. The molecule has 4 aliphatic carbocycles. The number of carbonyl (C=O) groups is 1. The van der Waals surface area contributed by atoms with Crippen LogP contribution < -0.4 is 0 Å². The Morgan fingerprint density at radius 1 is 1.05 bits per heavy atom. The zero-order valence-electron chi connectivity index (χ0n) is 14.6. The summed E-state index contributed by atoms with van der Waals surface area (Å²) in [5, 5.41) is 0. The lowest BCUT2D eigenvalue weighted by atomic mass is 9.55. The van der Waals surface area contributed by atoms with Gasteiger partial charge in [-0.1, -0.05) is 13.8 Å². The number of carbonyl (C=O) groups excluding carboxylic acids is 1. The van der Waals surface area contributed by atoms with Crippen molar-refractivity contribution in [1.29, 1.82) is 0 Å². The molecule has 3 heteroatoms. The fraction of sp³-hybridized carbons (Fsp3) is 0.947. The van der Waals surface area contributed by atoms with Crippen LogP contribution in [-0.2, 0) is 14.3 Å². The summed E-state index contributed by atoms with van der Waals surface area (Å²) in [5.41, 5.74) is -0.373. The molecule has 3 nitrogen and oxygen atoms in total. The van der Waals surface area contributed by atoms with E-state index in [0.29, 0.717) is 17.9 Å². The monoisotopic (exact) mass is 308 g/mol. The lowest BCUT2D eigenvalue weighted by Gasteiger charge is -2.54. The second kappa shape index (κ2) is 6.14. The van der Waals surface area contributed by atoms with E-state index in [2.05, 4.69) is 0 Å². The van der Waals surface area contributed by atoms with Crippen molar-refractivity contribution in [1.82, 2.24) is 0 Å².